The molecule has 2 aromatic heterocycles. The number of pyridine rings is 2. The van der Waals surface area contributed by atoms with Crippen LogP contribution >= 0.6 is 0 Å². The molecule has 0 radical (unpaired) electrons. The zero-order valence-corrected chi connectivity index (χ0v) is 12.8. The molecular weight excluding hydrogens is 316 g/mol. The summed E-state index contributed by atoms with van der Waals surface area (Å²) >= 11 is 0. The summed E-state index contributed by atoms with van der Waals surface area (Å²) in [7, 11) is 0. The Balaban J connectivity index is 1.74. The second-order valence-electron chi connectivity index (χ2n) is 5.11. The first-order valence-electron chi connectivity index (χ1n) is 14.3. The smallest absolute Gasteiger partial charge is 0.214 e. The van der Waals surface area contributed by atoms with Crippen LogP contribution in [0.2, 0.25) is 0 Å². The van der Waals surface area contributed by atoms with Crippen molar-refractivity contribution in [3.05, 3.63) is 47.3 Å². The summed E-state index contributed by atoms with van der Waals surface area (Å²) in [5, 5.41) is 0. The number of ether oxygens (including phenoxy) is 2. The lowest BCUT2D eigenvalue weighted by Gasteiger charge is -2.28. The van der Waals surface area contributed by atoms with Gasteiger partial charge < -0.3 is 14.4 Å². The summed E-state index contributed by atoms with van der Waals surface area (Å²) in [6.45, 7) is -18.8. The monoisotopic (exact) mass is 352 g/mol. The van der Waals surface area contributed by atoms with Gasteiger partial charge in [-0.15, -0.1) is 0 Å². The van der Waals surface area contributed by atoms with E-state index in [0.717, 1.165) is 0 Å². The first-order chi connectivity index (χ1) is 17.6. The molecule has 1 fully saturated rings. The minimum Gasteiger partial charge on any atom is -0.475 e. The Morgan fingerprint density at radius 1 is 1.28 bits per heavy atom. The molecule has 0 saturated carbocycles. The summed E-state index contributed by atoms with van der Waals surface area (Å²) in [5.41, 5.74) is 1.45. The highest BCUT2D eigenvalue weighted by Crippen LogP contribution is 2.27. The summed E-state index contributed by atoms with van der Waals surface area (Å²) < 4.78 is 120. The molecule has 4 rings (SSSR count). The van der Waals surface area contributed by atoms with Crippen LogP contribution < -0.4 is 9.64 Å². The predicted molar refractivity (Wildman–Crippen MR) is 96.6 cm³/mol. The molecule has 0 atom stereocenters. The SMILES string of the molecule is [2H]C([2H])([2H])C(Oc1cc2c(cn1)CN=C2c1ccnc(N2C([2H])([2H])C([2H])([2H])OC([2H])([2H])C2([2H])[2H])c1)C([2H])([2H])[2H]. The number of nitrogens with zero attached hydrogens (tertiary/aromatic N) is 4. The van der Waals surface area contributed by atoms with E-state index >= 15 is 0 Å². The maximum Gasteiger partial charge on any atom is 0.214 e. The van der Waals surface area contributed by atoms with Crippen LogP contribution in [0.1, 0.15) is 49.6 Å². The van der Waals surface area contributed by atoms with Crippen molar-refractivity contribution >= 4 is 11.5 Å². The number of rotatable bonds is 4. The first-order valence-corrected chi connectivity index (χ1v) is 7.27. The molecule has 6 heteroatoms. The van der Waals surface area contributed by atoms with Crippen LogP contribution in [0.3, 0.4) is 0 Å². The second-order valence-corrected chi connectivity index (χ2v) is 5.11. The molecule has 130 valence electrons. The van der Waals surface area contributed by atoms with Crippen molar-refractivity contribution in [2.45, 2.75) is 26.4 Å². The molecule has 0 N–H and O–H groups in total. The fourth-order valence-electron chi connectivity index (χ4n) is 2.49. The number of hydrogen-bond acceptors (Lipinski definition) is 6. The van der Waals surface area contributed by atoms with Crippen LogP contribution in [-0.2, 0) is 11.3 Å². The van der Waals surface area contributed by atoms with Crippen molar-refractivity contribution in [3.63, 3.8) is 0 Å². The molecule has 6 nitrogen and oxygen atoms in total. The molecular formula is C19H22N4O2. The van der Waals surface area contributed by atoms with Gasteiger partial charge in [0.2, 0.25) is 5.88 Å². The quantitative estimate of drug-likeness (QED) is 0.846. The molecule has 1 saturated heterocycles. The van der Waals surface area contributed by atoms with E-state index in [2.05, 4.69) is 19.7 Å². The number of anilines is 1. The average Bonchev–Trinajstić information content (AvgIpc) is 3.17. The number of morpholine rings is 1. The normalized spacial score (nSPS) is 34.1. The van der Waals surface area contributed by atoms with Gasteiger partial charge in [0.1, 0.15) is 5.82 Å². The number of fused-ring (bicyclic) bond motifs is 1. The maximum absolute atomic E-state index is 8.25. The molecule has 0 aliphatic carbocycles. The fraction of sp³-hybridized carbons (Fsp3) is 0.421. The largest absolute Gasteiger partial charge is 0.475 e. The lowest BCUT2D eigenvalue weighted by molar-refractivity contribution is 0.122. The molecule has 4 heterocycles. The summed E-state index contributed by atoms with van der Waals surface area (Å²) in [4.78, 5) is 12.6. The Kier molecular flexibility index (Phi) is 1.82. The van der Waals surface area contributed by atoms with Crippen molar-refractivity contribution < 1.29 is 28.7 Å². The van der Waals surface area contributed by atoms with E-state index in [-0.39, 0.29) is 28.6 Å². The van der Waals surface area contributed by atoms with E-state index in [9.17, 15) is 0 Å². The second kappa shape index (κ2) is 6.80. The molecule has 2 aromatic rings. The van der Waals surface area contributed by atoms with Crippen molar-refractivity contribution in [1.82, 2.24) is 9.97 Å². The third-order valence-corrected chi connectivity index (χ3v) is 3.53. The highest BCUT2D eigenvalue weighted by molar-refractivity contribution is 6.15. The Labute approximate surface area is 167 Å². The molecule has 0 spiro atoms. The molecule has 2 aliphatic rings. The van der Waals surface area contributed by atoms with E-state index in [1.54, 1.807) is 0 Å². The summed E-state index contributed by atoms with van der Waals surface area (Å²) in [6.07, 6.45) is 0.359. The molecule has 2 aliphatic heterocycles. The average molecular weight is 352 g/mol. The Morgan fingerprint density at radius 3 is 3.00 bits per heavy atom. The Morgan fingerprint density at radius 2 is 2.16 bits per heavy atom. The summed E-state index contributed by atoms with van der Waals surface area (Å²) in [6, 6.07) is 3.94. The molecule has 0 bridgehead atoms. The van der Waals surface area contributed by atoms with Gasteiger partial charge in [0.05, 0.1) is 42.4 Å². The third kappa shape index (κ3) is 3.35. The van der Waals surface area contributed by atoms with E-state index in [1.807, 2.05) is 0 Å². The van der Waals surface area contributed by atoms with Crippen LogP contribution in [0.25, 0.3) is 0 Å². The number of aliphatic imine (C=N–C) groups is 1. The van der Waals surface area contributed by atoms with Gasteiger partial charge in [0.15, 0.2) is 0 Å². The first kappa shape index (κ1) is 6.68. The highest BCUT2D eigenvalue weighted by atomic mass is 16.5. The van der Waals surface area contributed by atoms with Gasteiger partial charge in [-0.3, -0.25) is 4.99 Å². The van der Waals surface area contributed by atoms with Crippen molar-refractivity contribution in [2.75, 3.05) is 31.0 Å². The highest BCUT2D eigenvalue weighted by Gasteiger charge is 2.21. The van der Waals surface area contributed by atoms with E-state index in [0.29, 0.717) is 11.1 Å². The van der Waals surface area contributed by atoms with Crippen LogP contribution in [-0.4, -0.2) is 47.9 Å². The molecule has 0 aromatic carbocycles. The molecule has 25 heavy (non-hydrogen) atoms. The minimum atomic E-state index is -3.27. The van der Waals surface area contributed by atoms with E-state index in [1.165, 1.54) is 30.6 Å². The standard InChI is InChI=1S/C19H22N4O2/c1-13(2)25-18-10-16-15(11-21-18)12-22-19(16)14-3-4-20-17(9-14)23-5-7-24-8-6-23/h3-4,9-11,13H,5-8,12H2,1-2H3/i1D3,2D3,5D2,6D2,7D2,8D2. The lowest BCUT2D eigenvalue weighted by atomic mass is 10.0. The lowest BCUT2D eigenvalue weighted by Crippen LogP contribution is -2.36. The zero-order chi connectivity index (χ0) is 29.4. The molecule has 0 amide bonds. The van der Waals surface area contributed by atoms with Gasteiger partial charge in [-0.05, 0) is 25.8 Å². The van der Waals surface area contributed by atoms with Crippen molar-refractivity contribution in [1.29, 1.82) is 0 Å². The van der Waals surface area contributed by atoms with Crippen LogP contribution in [0, 0.1) is 0 Å². The Hall–Kier alpha value is -2.47. The van der Waals surface area contributed by atoms with E-state index in [4.69, 9.17) is 23.9 Å². The number of hydrogen-bond donors (Lipinski definition) is 0. The minimum absolute atomic E-state index is 0.127. The van der Waals surface area contributed by atoms with E-state index < -0.39 is 51.7 Å². The van der Waals surface area contributed by atoms with Gasteiger partial charge in [0, 0.05) is 56.4 Å². The third-order valence-electron chi connectivity index (χ3n) is 3.53. The van der Waals surface area contributed by atoms with Crippen molar-refractivity contribution in [2.24, 2.45) is 4.99 Å². The van der Waals surface area contributed by atoms with Crippen LogP contribution in [0.4, 0.5) is 5.82 Å². The zero-order valence-electron chi connectivity index (χ0n) is 26.8. The maximum atomic E-state index is 8.25. The van der Waals surface area contributed by atoms with Crippen LogP contribution in [0.15, 0.2) is 35.6 Å². The fourth-order valence-corrected chi connectivity index (χ4v) is 2.49. The van der Waals surface area contributed by atoms with Crippen molar-refractivity contribution in [3.8, 4) is 5.88 Å². The number of aromatic nitrogens is 2. The van der Waals surface area contributed by atoms with Crippen LogP contribution in [0.5, 0.6) is 5.88 Å². The van der Waals surface area contributed by atoms with Gasteiger partial charge in [-0.25, -0.2) is 9.97 Å². The summed E-state index contributed by atoms with van der Waals surface area (Å²) in [5.74, 6) is -0.748. The molecule has 0 unspecified atom stereocenters. The topological polar surface area (TPSA) is 59.8 Å². The predicted octanol–water partition coefficient (Wildman–Crippen LogP) is 2.45. The van der Waals surface area contributed by atoms with Gasteiger partial charge >= 0.3 is 0 Å². The van der Waals surface area contributed by atoms with Gasteiger partial charge in [0.25, 0.3) is 0 Å². The van der Waals surface area contributed by atoms with Gasteiger partial charge in [-0.1, -0.05) is 0 Å². The van der Waals surface area contributed by atoms with Gasteiger partial charge in [-0.2, -0.15) is 0 Å². The Bertz CT molecular complexity index is 1270.